The highest BCUT2D eigenvalue weighted by atomic mass is 16.6. The van der Waals surface area contributed by atoms with Gasteiger partial charge in [-0.15, -0.1) is 0 Å². The van der Waals surface area contributed by atoms with Crippen LogP contribution in [0.2, 0.25) is 0 Å². The van der Waals surface area contributed by atoms with Crippen molar-refractivity contribution in [3.63, 3.8) is 0 Å². The number of rotatable bonds is 6. The van der Waals surface area contributed by atoms with E-state index in [1.54, 1.807) is 12.1 Å². The summed E-state index contributed by atoms with van der Waals surface area (Å²) in [5.74, 6) is 1.17. The first-order chi connectivity index (χ1) is 16.1. The lowest BCUT2D eigenvalue weighted by atomic mass is 9.77. The van der Waals surface area contributed by atoms with Crippen LogP contribution in [0.25, 0.3) is 0 Å². The molecule has 33 heavy (non-hydrogen) atoms. The summed E-state index contributed by atoms with van der Waals surface area (Å²) < 4.78 is 0. The predicted octanol–water partition coefficient (Wildman–Crippen LogP) is 5.97. The number of para-hydroxylation sites is 1. The van der Waals surface area contributed by atoms with Crippen molar-refractivity contribution in [3.05, 3.63) is 64.7 Å². The summed E-state index contributed by atoms with van der Waals surface area (Å²) in [5.41, 5.74) is 2.02. The molecule has 1 saturated heterocycles. The van der Waals surface area contributed by atoms with Crippen LogP contribution in [0.4, 0.5) is 21.9 Å². The molecule has 0 unspecified atom stereocenters. The number of nitro groups is 1. The maximum absolute atomic E-state index is 12.6. The fraction of sp³-hybridized carbons (Fsp3) is 0.500. The van der Waals surface area contributed by atoms with E-state index in [1.807, 2.05) is 42.5 Å². The van der Waals surface area contributed by atoms with E-state index in [-0.39, 0.29) is 22.7 Å². The lowest BCUT2D eigenvalue weighted by Gasteiger charge is -2.34. The second kappa shape index (κ2) is 11.2. The van der Waals surface area contributed by atoms with Crippen LogP contribution in [0.3, 0.4) is 0 Å². The molecule has 2 aromatic rings. The van der Waals surface area contributed by atoms with E-state index in [1.165, 1.54) is 25.7 Å². The van der Waals surface area contributed by atoms with Gasteiger partial charge in [-0.25, -0.2) is 4.79 Å². The maximum atomic E-state index is 12.6. The molecule has 4 rings (SSSR count). The van der Waals surface area contributed by atoms with E-state index in [4.69, 9.17) is 0 Å². The number of urea groups is 1. The normalized spacial score (nSPS) is 23.4. The van der Waals surface area contributed by atoms with Crippen molar-refractivity contribution in [1.82, 2.24) is 5.32 Å². The third kappa shape index (κ3) is 6.46. The zero-order valence-electron chi connectivity index (χ0n) is 19.1. The third-order valence-electron chi connectivity index (χ3n) is 7.17. The highest BCUT2D eigenvalue weighted by molar-refractivity contribution is 5.89. The molecule has 3 atom stereocenters. The molecule has 7 nitrogen and oxygen atoms in total. The van der Waals surface area contributed by atoms with E-state index in [0.717, 1.165) is 50.1 Å². The van der Waals surface area contributed by atoms with Crippen LogP contribution in [0, 0.1) is 22.0 Å². The SMILES string of the molecule is O=C(Nc1ccccc1)N[C@@H]1CCCC[C@H]1C[C@H]1CCCN(c2ccc([N+](=O)[O-])cc2)CC1. The molecule has 0 radical (unpaired) electrons. The molecule has 1 heterocycles. The minimum Gasteiger partial charge on any atom is -0.372 e. The Balaban J connectivity index is 1.30. The summed E-state index contributed by atoms with van der Waals surface area (Å²) in [7, 11) is 0. The monoisotopic (exact) mass is 450 g/mol. The van der Waals surface area contributed by atoms with Crippen molar-refractivity contribution in [1.29, 1.82) is 0 Å². The van der Waals surface area contributed by atoms with Crippen molar-refractivity contribution >= 4 is 23.1 Å². The van der Waals surface area contributed by atoms with Crippen LogP contribution in [-0.4, -0.2) is 30.1 Å². The number of hydrogen-bond acceptors (Lipinski definition) is 4. The highest BCUT2D eigenvalue weighted by Crippen LogP contribution is 2.34. The third-order valence-corrected chi connectivity index (χ3v) is 7.17. The summed E-state index contributed by atoms with van der Waals surface area (Å²) in [6.45, 7) is 1.96. The Bertz CT molecular complexity index is 919. The van der Waals surface area contributed by atoms with Crippen LogP contribution in [0.15, 0.2) is 54.6 Å². The number of nitro benzene ring substituents is 1. The molecular weight excluding hydrogens is 416 g/mol. The Labute approximate surface area is 195 Å². The summed E-state index contributed by atoms with van der Waals surface area (Å²) in [5, 5.41) is 17.1. The lowest BCUT2D eigenvalue weighted by molar-refractivity contribution is -0.384. The topological polar surface area (TPSA) is 87.5 Å². The van der Waals surface area contributed by atoms with Gasteiger partial charge < -0.3 is 15.5 Å². The Morgan fingerprint density at radius 2 is 1.70 bits per heavy atom. The first-order valence-electron chi connectivity index (χ1n) is 12.2. The molecule has 1 saturated carbocycles. The number of amides is 2. The molecule has 1 aliphatic heterocycles. The minimum atomic E-state index is -0.350. The number of non-ortho nitro benzene ring substituents is 1. The van der Waals surface area contributed by atoms with Crippen LogP contribution in [0.5, 0.6) is 0 Å². The zero-order chi connectivity index (χ0) is 23.0. The van der Waals surface area contributed by atoms with Gasteiger partial charge in [0.2, 0.25) is 0 Å². The number of benzene rings is 2. The molecule has 176 valence electrons. The standard InChI is InChI=1S/C26H34N4O3/c31-26(27-22-9-2-1-3-10-22)28-25-11-5-4-8-21(25)19-20-7-6-17-29(18-16-20)23-12-14-24(15-13-23)30(32)33/h1-3,9-10,12-15,20-21,25H,4-8,11,16-19H2,(H2,27,28,31)/t20-,21-,25+/m0/s1. The van der Waals surface area contributed by atoms with Gasteiger partial charge >= 0.3 is 6.03 Å². The first-order valence-corrected chi connectivity index (χ1v) is 12.2. The van der Waals surface area contributed by atoms with E-state index >= 15 is 0 Å². The molecule has 0 spiro atoms. The quantitative estimate of drug-likeness (QED) is 0.419. The summed E-state index contributed by atoms with van der Waals surface area (Å²) in [4.78, 5) is 25.5. The molecule has 2 N–H and O–H groups in total. The summed E-state index contributed by atoms with van der Waals surface area (Å²) >= 11 is 0. The van der Waals surface area contributed by atoms with Gasteiger partial charge in [-0.2, -0.15) is 0 Å². The minimum absolute atomic E-state index is 0.108. The van der Waals surface area contributed by atoms with Gasteiger partial charge in [-0.3, -0.25) is 10.1 Å². The van der Waals surface area contributed by atoms with Gasteiger partial charge in [-0.05, 0) is 74.6 Å². The van der Waals surface area contributed by atoms with Crippen molar-refractivity contribution in [3.8, 4) is 0 Å². The van der Waals surface area contributed by atoms with Crippen molar-refractivity contribution in [2.75, 3.05) is 23.3 Å². The van der Waals surface area contributed by atoms with Gasteiger partial charge in [0, 0.05) is 42.6 Å². The summed E-state index contributed by atoms with van der Waals surface area (Å²) in [6.07, 6.45) is 9.24. The van der Waals surface area contributed by atoms with E-state index in [2.05, 4.69) is 15.5 Å². The molecule has 2 aliphatic rings. The van der Waals surface area contributed by atoms with Crippen LogP contribution in [-0.2, 0) is 0 Å². The number of hydrogen-bond donors (Lipinski definition) is 2. The van der Waals surface area contributed by atoms with Crippen molar-refractivity contribution in [2.45, 2.75) is 57.4 Å². The highest BCUT2D eigenvalue weighted by Gasteiger charge is 2.29. The number of anilines is 2. The molecule has 7 heteroatoms. The van der Waals surface area contributed by atoms with Crippen LogP contribution >= 0.6 is 0 Å². The van der Waals surface area contributed by atoms with E-state index < -0.39 is 0 Å². The Kier molecular flexibility index (Phi) is 7.81. The maximum Gasteiger partial charge on any atom is 0.319 e. The fourth-order valence-electron chi connectivity index (χ4n) is 5.41. The number of carbonyl (C=O) groups excluding carboxylic acids is 1. The van der Waals surface area contributed by atoms with Crippen molar-refractivity contribution < 1.29 is 9.72 Å². The molecule has 0 aromatic heterocycles. The van der Waals surface area contributed by atoms with Crippen LogP contribution < -0.4 is 15.5 Å². The average molecular weight is 451 g/mol. The largest absolute Gasteiger partial charge is 0.372 e. The van der Waals surface area contributed by atoms with Gasteiger partial charge in [0.15, 0.2) is 0 Å². The van der Waals surface area contributed by atoms with Gasteiger partial charge in [0.25, 0.3) is 5.69 Å². The Morgan fingerprint density at radius 3 is 2.45 bits per heavy atom. The number of nitrogens with zero attached hydrogens (tertiary/aromatic N) is 2. The second-order valence-electron chi connectivity index (χ2n) is 9.41. The number of nitrogens with one attached hydrogen (secondary N) is 2. The average Bonchev–Trinajstić information content (AvgIpc) is 3.06. The molecule has 2 aromatic carbocycles. The summed E-state index contributed by atoms with van der Waals surface area (Å²) in [6, 6.07) is 16.6. The molecule has 2 amide bonds. The van der Waals surface area contributed by atoms with Gasteiger partial charge in [0.1, 0.15) is 0 Å². The molecule has 1 aliphatic carbocycles. The number of carbonyl (C=O) groups is 1. The first kappa shape index (κ1) is 23.1. The van der Waals surface area contributed by atoms with Gasteiger partial charge in [-0.1, -0.05) is 31.0 Å². The predicted molar refractivity (Wildman–Crippen MR) is 132 cm³/mol. The van der Waals surface area contributed by atoms with E-state index in [9.17, 15) is 14.9 Å². The molecule has 0 bridgehead atoms. The Hall–Kier alpha value is -3.09. The second-order valence-corrected chi connectivity index (χ2v) is 9.41. The smallest absolute Gasteiger partial charge is 0.319 e. The fourth-order valence-corrected chi connectivity index (χ4v) is 5.41. The zero-order valence-corrected chi connectivity index (χ0v) is 19.1. The lowest BCUT2D eigenvalue weighted by Crippen LogP contribution is -2.44. The molecular formula is C26H34N4O3. The van der Waals surface area contributed by atoms with E-state index in [0.29, 0.717) is 11.8 Å². The van der Waals surface area contributed by atoms with Crippen molar-refractivity contribution in [2.24, 2.45) is 11.8 Å². The van der Waals surface area contributed by atoms with Crippen LogP contribution in [0.1, 0.15) is 51.4 Å². The molecule has 2 fully saturated rings. The Morgan fingerprint density at radius 1 is 0.939 bits per heavy atom. The van der Waals surface area contributed by atoms with Gasteiger partial charge in [0.05, 0.1) is 4.92 Å².